The molecule has 1 atom stereocenters. The highest BCUT2D eigenvalue weighted by molar-refractivity contribution is 5.90. The molecule has 4 heterocycles. The monoisotopic (exact) mass is 618 g/mol. The fourth-order valence-corrected chi connectivity index (χ4v) is 7.11. The van der Waals surface area contributed by atoms with Gasteiger partial charge < -0.3 is 29.8 Å². The van der Waals surface area contributed by atoms with Crippen molar-refractivity contribution in [2.45, 2.75) is 44.2 Å². The minimum Gasteiger partial charge on any atom is -0.465 e. The summed E-state index contributed by atoms with van der Waals surface area (Å²) < 4.78 is 2.33. The number of para-hydroxylation sites is 3. The van der Waals surface area contributed by atoms with Gasteiger partial charge in [-0.15, -0.1) is 0 Å². The van der Waals surface area contributed by atoms with E-state index in [9.17, 15) is 19.5 Å². The highest BCUT2D eigenvalue weighted by Crippen LogP contribution is 2.34. The van der Waals surface area contributed by atoms with Gasteiger partial charge in [-0.25, -0.2) is 9.78 Å². The Hall–Kier alpha value is -5.12. The molecule has 5 aromatic rings. The first-order chi connectivity index (χ1) is 22.5. The fourth-order valence-electron chi connectivity index (χ4n) is 7.11. The third-order valence-electron chi connectivity index (χ3n) is 9.62. The number of piperidine rings is 2. The van der Waals surface area contributed by atoms with Gasteiger partial charge in [0.15, 0.2) is 0 Å². The number of aromatic nitrogens is 3. The Bertz CT molecular complexity index is 1870. The lowest BCUT2D eigenvalue weighted by Gasteiger charge is -2.36. The second kappa shape index (κ2) is 12.7. The molecule has 0 aliphatic carbocycles. The Morgan fingerprint density at radius 2 is 1.52 bits per heavy atom. The van der Waals surface area contributed by atoms with E-state index in [2.05, 4.69) is 33.1 Å². The molecule has 2 aromatic heterocycles. The van der Waals surface area contributed by atoms with Gasteiger partial charge in [0.2, 0.25) is 11.8 Å². The van der Waals surface area contributed by atoms with Gasteiger partial charge in [-0.3, -0.25) is 9.59 Å². The minimum atomic E-state index is -0.964. The molecule has 0 radical (unpaired) electrons. The van der Waals surface area contributed by atoms with E-state index in [1.807, 2.05) is 71.8 Å². The molecular weight excluding hydrogens is 580 g/mol. The second-order valence-corrected chi connectivity index (χ2v) is 12.4. The summed E-state index contributed by atoms with van der Waals surface area (Å²) in [7, 11) is 0. The molecule has 3 N–H and O–H groups in total. The zero-order valence-electron chi connectivity index (χ0n) is 25.6. The molecule has 2 aliphatic heterocycles. The highest BCUT2D eigenvalue weighted by atomic mass is 16.4. The lowest BCUT2D eigenvalue weighted by atomic mass is 9.94. The van der Waals surface area contributed by atoms with Gasteiger partial charge in [0.1, 0.15) is 11.9 Å². The summed E-state index contributed by atoms with van der Waals surface area (Å²) in [4.78, 5) is 50.6. The molecule has 0 spiro atoms. The molecular formula is C36H38N6O4. The van der Waals surface area contributed by atoms with E-state index < -0.39 is 12.1 Å². The van der Waals surface area contributed by atoms with E-state index >= 15 is 0 Å². The van der Waals surface area contributed by atoms with Gasteiger partial charge in [0, 0.05) is 67.2 Å². The van der Waals surface area contributed by atoms with E-state index in [-0.39, 0.29) is 23.8 Å². The number of benzene rings is 3. The van der Waals surface area contributed by atoms with Crippen molar-refractivity contribution in [1.82, 2.24) is 29.7 Å². The van der Waals surface area contributed by atoms with E-state index in [1.165, 1.54) is 4.90 Å². The number of fused-ring (bicyclic) bond motifs is 2. The van der Waals surface area contributed by atoms with Crippen LogP contribution in [0.4, 0.5) is 4.79 Å². The Balaban J connectivity index is 1.10. The SMILES string of the molecule is O=C(NC(Cc1c[nH]c2ccccc12)C(=O)N1CCC(n2c(-c3ccccc3)nc3ccccc32)CC1)C1CCN(C(=O)O)CC1. The van der Waals surface area contributed by atoms with Crippen LogP contribution in [0.15, 0.2) is 85.1 Å². The Labute approximate surface area is 267 Å². The number of likely N-dealkylation sites (tertiary alicyclic amines) is 2. The first kappa shape index (κ1) is 29.6. The maximum Gasteiger partial charge on any atom is 0.407 e. The smallest absolute Gasteiger partial charge is 0.407 e. The maximum atomic E-state index is 14.2. The standard InChI is InChI=1S/C36H38N6O4/c43-34(25-14-18-41(19-15-25)36(45)46)39-31(22-26-23-37-29-11-5-4-10-28(26)29)35(44)40-20-16-27(17-21-40)42-32-13-7-6-12-30(32)38-33(42)24-8-2-1-3-9-24/h1-13,23,25,27,31,37H,14-22H2,(H,39,43)(H,45,46). The highest BCUT2D eigenvalue weighted by Gasteiger charge is 2.34. The summed E-state index contributed by atoms with van der Waals surface area (Å²) in [6, 6.07) is 25.8. The molecule has 3 amide bonds. The van der Waals surface area contributed by atoms with Crippen molar-refractivity contribution in [2.24, 2.45) is 5.92 Å². The van der Waals surface area contributed by atoms with Gasteiger partial charge in [-0.2, -0.15) is 0 Å². The molecule has 46 heavy (non-hydrogen) atoms. The van der Waals surface area contributed by atoms with Gasteiger partial charge in [0.25, 0.3) is 0 Å². The van der Waals surface area contributed by atoms with Crippen LogP contribution in [0.5, 0.6) is 0 Å². The quantitative estimate of drug-likeness (QED) is 0.223. The van der Waals surface area contributed by atoms with Crippen LogP contribution in [-0.4, -0.2) is 79.6 Å². The molecule has 2 fully saturated rings. The molecule has 10 heteroatoms. The van der Waals surface area contributed by atoms with Crippen molar-refractivity contribution < 1.29 is 19.5 Å². The van der Waals surface area contributed by atoms with E-state index in [1.54, 1.807) is 0 Å². The van der Waals surface area contributed by atoms with Crippen LogP contribution in [0.25, 0.3) is 33.3 Å². The summed E-state index contributed by atoms with van der Waals surface area (Å²) in [6.45, 7) is 1.77. The minimum absolute atomic E-state index is 0.0844. The van der Waals surface area contributed by atoms with Gasteiger partial charge in [0.05, 0.1) is 11.0 Å². The number of H-pyrrole nitrogens is 1. The number of carbonyl (C=O) groups excluding carboxylic acids is 2. The number of nitrogens with one attached hydrogen (secondary N) is 2. The Kier molecular flexibility index (Phi) is 8.17. The molecule has 7 rings (SSSR count). The van der Waals surface area contributed by atoms with Crippen LogP contribution in [0.2, 0.25) is 0 Å². The molecule has 2 aliphatic rings. The van der Waals surface area contributed by atoms with Crippen LogP contribution in [0.3, 0.4) is 0 Å². The second-order valence-electron chi connectivity index (χ2n) is 12.4. The van der Waals surface area contributed by atoms with Gasteiger partial charge >= 0.3 is 6.09 Å². The normalized spacial score (nSPS) is 17.0. The average Bonchev–Trinajstić information content (AvgIpc) is 3.70. The maximum absolute atomic E-state index is 14.2. The molecule has 10 nitrogen and oxygen atoms in total. The summed E-state index contributed by atoms with van der Waals surface area (Å²) in [6.07, 6.45) is 3.76. The number of hydrogen-bond acceptors (Lipinski definition) is 4. The third kappa shape index (κ3) is 5.82. The van der Waals surface area contributed by atoms with Gasteiger partial charge in [-0.1, -0.05) is 60.7 Å². The molecule has 2 saturated heterocycles. The number of nitrogens with zero attached hydrogens (tertiary/aromatic N) is 4. The molecule has 0 bridgehead atoms. The van der Waals surface area contributed by atoms with Crippen molar-refractivity contribution in [3.63, 3.8) is 0 Å². The Morgan fingerprint density at radius 1 is 0.848 bits per heavy atom. The molecule has 3 aromatic carbocycles. The number of carbonyl (C=O) groups is 3. The molecule has 0 saturated carbocycles. The number of carboxylic acid groups (broad SMARTS) is 1. The van der Waals surface area contributed by atoms with Crippen LogP contribution in [0.1, 0.15) is 37.3 Å². The fraction of sp³-hybridized carbons (Fsp3) is 0.333. The summed E-state index contributed by atoms with van der Waals surface area (Å²) in [5.74, 6) is 0.338. The van der Waals surface area contributed by atoms with Crippen LogP contribution in [0, 0.1) is 5.92 Å². The van der Waals surface area contributed by atoms with E-state index in [0.717, 1.165) is 51.7 Å². The van der Waals surface area contributed by atoms with Crippen LogP contribution in [-0.2, 0) is 16.0 Å². The lowest BCUT2D eigenvalue weighted by molar-refractivity contribution is -0.138. The molecule has 236 valence electrons. The van der Waals surface area contributed by atoms with Gasteiger partial charge in [-0.05, 0) is 49.4 Å². The number of rotatable bonds is 7. The van der Waals surface area contributed by atoms with Crippen molar-refractivity contribution in [3.8, 4) is 11.4 Å². The number of imidazole rings is 1. The third-order valence-corrected chi connectivity index (χ3v) is 9.62. The number of amides is 3. The Morgan fingerprint density at radius 3 is 2.28 bits per heavy atom. The predicted molar refractivity (Wildman–Crippen MR) is 176 cm³/mol. The number of hydrogen-bond donors (Lipinski definition) is 3. The first-order valence-electron chi connectivity index (χ1n) is 16.1. The van der Waals surface area contributed by atoms with Crippen LogP contribution < -0.4 is 5.32 Å². The van der Waals surface area contributed by atoms with Crippen molar-refractivity contribution in [2.75, 3.05) is 26.2 Å². The lowest BCUT2D eigenvalue weighted by Crippen LogP contribution is -2.53. The van der Waals surface area contributed by atoms with Crippen molar-refractivity contribution in [1.29, 1.82) is 0 Å². The zero-order chi connectivity index (χ0) is 31.6. The summed E-state index contributed by atoms with van der Waals surface area (Å²) in [5, 5.41) is 13.5. The average molecular weight is 619 g/mol. The van der Waals surface area contributed by atoms with E-state index in [0.29, 0.717) is 45.4 Å². The number of aromatic amines is 1. The van der Waals surface area contributed by atoms with Crippen molar-refractivity contribution >= 4 is 39.8 Å². The molecule has 1 unspecified atom stereocenters. The first-order valence-corrected chi connectivity index (χ1v) is 16.1. The summed E-state index contributed by atoms with van der Waals surface area (Å²) in [5.41, 5.74) is 5.06. The van der Waals surface area contributed by atoms with Crippen LogP contribution >= 0.6 is 0 Å². The largest absolute Gasteiger partial charge is 0.465 e. The summed E-state index contributed by atoms with van der Waals surface area (Å²) >= 11 is 0. The topological polar surface area (TPSA) is 124 Å². The van der Waals surface area contributed by atoms with E-state index in [4.69, 9.17) is 4.98 Å². The predicted octanol–water partition coefficient (Wildman–Crippen LogP) is 5.47. The zero-order valence-corrected chi connectivity index (χ0v) is 25.6. The van der Waals surface area contributed by atoms with Crippen molar-refractivity contribution in [3.05, 3.63) is 90.6 Å².